The molecule has 0 saturated carbocycles. The first-order valence-corrected chi connectivity index (χ1v) is 8.74. The Kier molecular flexibility index (Phi) is 8.58. The van der Waals surface area contributed by atoms with Gasteiger partial charge in [-0.3, -0.25) is 4.79 Å². The molecule has 21 heavy (non-hydrogen) atoms. The Morgan fingerprint density at radius 1 is 1.10 bits per heavy atom. The van der Waals surface area contributed by atoms with Crippen LogP contribution in [0.5, 0.6) is 0 Å². The maximum Gasteiger partial charge on any atom is 0.312 e. The molecule has 0 spiro atoms. The molecule has 0 bridgehead atoms. The summed E-state index contributed by atoms with van der Waals surface area (Å²) in [5.41, 5.74) is -0.258. The Hall–Kier alpha value is -0.530. The van der Waals surface area contributed by atoms with E-state index in [0.717, 1.165) is 19.3 Å². The van der Waals surface area contributed by atoms with Gasteiger partial charge < -0.3 is 4.74 Å². The van der Waals surface area contributed by atoms with Gasteiger partial charge in [0, 0.05) is 0 Å². The molecular weight excluding hydrogens is 260 g/mol. The molecular formula is C19H38O2. The molecule has 0 aliphatic heterocycles. The molecule has 2 nitrogen and oxygen atoms in total. The average Bonchev–Trinajstić information content (AvgIpc) is 2.36. The zero-order valence-electron chi connectivity index (χ0n) is 15.7. The van der Waals surface area contributed by atoms with Crippen LogP contribution >= 0.6 is 0 Å². The van der Waals surface area contributed by atoms with Crippen LogP contribution in [-0.2, 0) is 9.53 Å². The quantitative estimate of drug-likeness (QED) is 0.499. The van der Waals surface area contributed by atoms with Crippen molar-refractivity contribution < 1.29 is 9.53 Å². The predicted molar refractivity (Wildman–Crippen MR) is 91.3 cm³/mol. The van der Waals surface area contributed by atoms with Gasteiger partial charge in [0.2, 0.25) is 0 Å². The van der Waals surface area contributed by atoms with E-state index in [1.54, 1.807) is 0 Å². The van der Waals surface area contributed by atoms with E-state index in [2.05, 4.69) is 55.4 Å². The predicted octanol–water partition coefficient (Wildman–Crippen LogP) is 5.84. The van der Waals surface area contributed by atoms with E-state index in [1.807, 2.05) is 0 Å². The zero-order chi connectivity index (χ0) is 16.7. The number of ether oxygens (including phenoxy) is 1. The van der Waals surface area contributed by atoms with Crippen molar-refractivity contribution in [2.45, 2.75) is 87.5 Å². The van der Waals surface area contributed by atoms with Crippen LogP contribution in [0.3, 0.4) is 0 Å². The maximum absolute atomic E-state index is 12.7. The third-order valence-electron chi connectivity index (χ3n) is 4.63. The number of carbonyl (C=O) groups excluding carboxylic acids is 1. The third kappa shape index (κ3) is 7.33. The van der Waals surface area contributed by atoms with Gasteiger partial charge >= 0.3 is 5.97 Å². The number of unbranched alkanes of at least 4 members (excludes halogenated alkanes) is 1. The number of carbonyl (C=O) groups is 1. The van der Waals surface area contributed by atoms with Gasteiger partial charge in [-0.15, -0.1) is 0 Å². The van der Waals surface area contributed by atoms with Crippen molar-refractivity contribution in [1.29, 1.82) is 0 Å². The van der Waals surface area contributed by atoms with E-state index in [-0.39, 0.29) is 16.8 Å². The molecule has 0 heterocycles. The van der Waals surface area contributed by atoms with Gasteiger partial charge in [-0.25, -0.2) is 0 Å². The van der Waals surface area contributed by atoms with Crippen LogP contribution in [-0.4, -0.2) is 12.6 Å². The van der Waals surface area contributed by atoms with Crippen molar-refractivity contribution in [3.63, 3.8) is 0 Å². The fourth-order valence-corrected chi connectivity index (χ4v) is 2.87. The van der Waals surface area contributed by atoms with Gasteiger partial charge in [0.05, 0.1) is 12.0 Å². The summed E-state index contributed by atoms with van der Waals surface area (Å²) < 4.78 is 5.73. The first kappa shape index (κ1) is 20.5. The number of rotatable bonds is 9. The molecule has 0 N–H and O–H groups in total. The lowest BCUT2D eigenvalue weighted by Crippen LogP contribution is -2.39. The normalized spacial score (nSPS) is 16.6. The van der Waals surface area contributed by atoms with Crippen molar-refractivity contribution in [2.24, 2.45) is 22.7 Å². The highest BCUT2D eigenvalue weighted by molar-refractivity contribution is 5.76. The lowest BCUT2D eigenvalue weighted by molar-refractivity contribution is -0.161. The van der Waals surface area contributed by atoms with Crippen LogP contribution in [0.15, 0.2) is 0 Å². The van der Waals surface area contributed by atoms with Gasteiger partial charge in [-0.05, 0) is 37.0 Å². The Morgan fingerprint density at radius 2 is 1.67 bits per heavy atom. The lowest BCUT2D eigenvalue weighted by atomic mass is 9.69. The van der Waals surface area contributed by atoms with Crippen LogP contribution in [0.2, 0.25) is 0 Å². The van der Waals surface area contributed by atoms with E-state index in [9.17, 15) is 4.79 Å². The van der Waals surface area contributed by atoms with Crippen LogP contribution in [0.4, 0.5) is 0 Å². The molecule has 0 aromatic heterocycles. The van der Waals surface area contributed by atoms with Crippen LogP contribution in [0.1, 0.15) is 87.5 Å². The average molecular weight is 299 g/mol. The van der Waals surface area contributed by atoms with Gasteiger partial charge in [0.25, 0.3) is 0 Å². The summed E-state index contributed by atoms with van der Waals surface area (Å²) in [6.45, 7) is 17.9. The zero-order valence-corrected chi connectivity index (χ0v) is 15.7. The number of esters is 1. The third-order valence-corrected chi connectivity index (χ3v) is 4.63. The summed E-state index contributed by atoms with van der Waals surface area (Å²) in [5, 5.41) is 0. The summed E-state index contributed by atoms with van der Waals surface area (Å²) in [7, 11) is 0. The number of hydrogen-bond donors (Lipinski definition) is 0. The second-order valence-electron chi connectivity index (χ2n) is 8.32. The van der Waals surface area contributed by atoms with Crippen LogP contribution in [0, 0.1) is 22.7 Å². The van der Waals surface area contributed by atoms with E-state index < -0.39 is 0 Å². The fourth-order valence-electron chi connectivity index (χ4n) is 2.87. The molecule has 2 heteroatoms. The molecule has 0 aromatic carbocycles. The van der Waals surface area contributed by atoms with Crippen molar-refractivity contribution in [2.75, 3.05) is 6.61 Å². The van der Waals surface area contributed by atoms with Crippen molar-refractivity contribution in [1.82, 2.24) is 0 Å². The Balaban J connectivity index is 4.69. The smallest absolute Gasteiger partial charge is 0.312 e. The minimum Gasteiger partial charge on any atom is -0.465 e. The van der Waals surface area contributed by atoms with Gasteiger partial charge in [0.1, 0.15) is 0 Å². The second kappa shape index (κ2) is 8.80. The highest BCUT2D eigenvalue weighted by Gasteiger charge is 2.41. The largest absolute Gasteiger partial charge is 0.465 e. The fraction of sp³-hybridized carbons (Fsp3) is 0.947. The summed E-state index contributed by atoms with van der Waals surface area (Å²) in [6.07, 6.45) is 5.54. The second-order valence-corrected chi connectivity index (χ2v) is 8.32. The summed E-state index contributed by atoms with van der Waals surface area (Å²) in [4.78, 5) is 12.7. The first-order chi connectivity index (χ1) is 9.56. The summed E-state index contributed by atoms with van der Waals surface area (Å²) in [5.74, 6) is 0.794. The molecule has 0 amide bonds. The van der Waals surface area contributed by atoms with Crippen molar-refractivity contribution in [3.8, 4) is 0 Å². The SMILES string of the molecule is CCCCC(CC)COC(=O)C(C)(CC(C)(C)C)C(C)C. The maximum atomic E-state index is 12.7. The highest BCUT2D eigenvalue weighted by Crippen LogP contribution is 2.40. The van der Waals surface area contributed by atoms with Gasteiger partial charge in [0.15, 0.2) is 0 Å². The van der Waals surface area contributed by atoms with E-state index in [0.29, 0.717) is 18.4 Å². The van der Waals surface area contributed by atoms with E-state index in [1.165, 1.54) is 12.8 Å². The van der Waals surface area contributed by atoms with Gasteiger partial charge in [-0.2, -0.15) is 0 Å². The topological polar surface area (TPSA) is 26.3 Å². The minimum atomic E-state index is -0.388. The molecule has 0 rings (SSSR count). The standard InChI is InChI=1S/C19H38O2/c1-9-11-12-16(10-2)13-21-17(20)19(8,15(3)4)14-18(5,6)7/h15-16H,9-14H2,1-8H3. The number of hydrogen-bond acceptors (Lipinski definition) is 2. The molecule has 0 aliphatic rings. The molecule has 126 valence electrons. The van der Waals surface area contributed by atoms with Crippen LogP contribution < -0.4 is 0 Å². The molecule has 0 saturated heterocycles. The monoisotopic (exact) mass is 298 g/mol. The van der Waals surface area contributed by atoms with E-state index >= 15 is 0 Å². The van der Waals surface area contributed by atoms with E-state index in [4.69, 9.17) is 4.74 Å². The van der Waals surface area contributed by atoms with Crippen molar-refractivity contribution in [3.05, 3.63) is 0 Å². The van der Waals surface area contributed by atoms with Crippen LogP contribution in [0.25, 0.3) is 0 Å². The Labute approximate surface area is 133 Å². The molecule has 2 atom stereocenters. The summed E-state index contributed by atoms with van der Waals surface area (Å²) in [6, 6.07) is 0. The Bertz CT molecular complexity index is 301. The first-order valence-electron chi connectivity index (χ1n) is 8.74. The lowest BCUT2D eigenvalue weighted by Gasteiger charge is -2.37. The summed E-state index contributed by atoms with van der Waals surface area (Å²) >= 11 is 0. The molecule has 0 aliphatic carbocycles. The molecule has 0 aromatic rings. The molecule has 0 radical (unpaired) electrons. The Morgan fingerprint density at radius 3 is 2.05 bits per heavy atom. The molecule has 2 unspecified atom stereocenters. The van der Waals surface area contributed by atoms with Crippen molar-refractivity contribution >= 4 is 5.97 Å². The minimum absolute atomic E-state index is 0.0117. The molecule has 0 fully saturated rings. The highest BCUT2D eigenvalue weighted by atomic mass is 16.5. The van der Waals surface area contributed by atoms with Gasteiger partial charge in [-0.1, -0.05) is 67.7 Å².